The van der Waals surface area contributed by atoms with Gasteiger partial charge in [0, 0.05) is 5.69 Å². The highest BCUT2D eigenvalue weighted by atomic mass is 16.3. The molecule has 2 rings (SSSR count). The van der Waals surface area contributed by atoms with E-state index >= 15 is 0 Å². The van der Waals surface area contributed by atoms with Gasteiger partial charge in [-0.1, -0.05) is 31.2 Å². The average molecular weight is 272 g/mol. The first-order chi connectivity index (χ1) is 9.41. The largest absolute Gasteiger partial charge is 0.388 e. The Morgan fingerprint density at radius 3 is 2.45 bits per heavy atom. The van der Waals surface area contributed by atoms with Crippen molar-refractivity contribution in [3.8, 4) is 0 Å². The summed E-state index contributed by atoms with van der Waals surface area (Å²) in [5.74, 6) is -0.736. The van der Waals surface area contributed by atoms with Crippen molar-refractivity contribution in [1.29, 1.82) is 0 Å². The van der Waals surface area contributed by atoms with Crippen LogP contribution >= 0.6 is 0 Å². The second-order valence-corrected chi connectivity index (χ2v) is 5.27. The van der Waals surface area contributed by atoms with Gasteiger partial charge < -0.3 is 5.11 Å². The Labute approximate surface area is 119 Å². The number of aromatic nitrogens is 2. The molecule has 1 aromatic heterocycles. The number of aliphatic hydroxyl groups is 1. The van der Waals surface area contributed by atoms with Gasteiger partial charge in [0.2, 0.25) is 0 Å². The number of aliphatic hydroxyl groups excluding tert-OH is 1. The van der Waals surface area contributed by atoms with E-state index in [-0.39, 0.29) is 5.91 Å². The summed E-state index contributed by atoms with van der Waals surface area (Å²) in [6, 6.07) is 9.42. The molecule has 106 valence electrons. The standard InChI is InChI=1S/C16H20N2O2/c1-10-7-5-6-8-14(10)15(19)13(4)16(20)18-12(3)9-11(2)17-18/h5-9,13,15,19H,1-4H3/t13-,15-/m0/s1. The number of aryl methyl sites for hydroxylation is 3. The summed E-state index contributed by atoms with van der Waals surface area (Å²) in [4.78, 5) is 12.4. The van der Waals surface area contributed by atoms with E-state index in [4.69, 9.17) is 0 Å². The fraction of sp³-hybridized carbons (Fsp3) is 0.375. The molecule has 0 aliphatic rings. The van der Waals surface area contributed by atoms with E-state index < -0.39 is 12.0 Å². The fourth-order valence-corrected chi connectivity index (χ4v) is 2.37. The van der Waals surface area contributed by atoms with Gasteiger partial charge in [0.1, 0.15) is 0 Å². The van der Waals surface area contributed by atoms with Crippen molar-refractivity contribution in [1.82, 2.24) is 9.78 Å². The quantitative estimate of drug-likeness (QED) is 0.934. The van der Waals surface area contributed by atoms with Crippen LogP contribution in [0.1, 0.15) is 40.3 Å². The Morgan fingerprint density at radius 1 is 1.25 bits per heavy atom. The number of carbonyl (C=O) groups excluding carboxylic acids is 1. The van der Waals surface area contributed by atoms with Crippen LogP contribution in [0.5, 0.6) is 0 Å². The molecule has 0 bridgehead atoms. The van der Waals surface area contributed by atoms with E-state index in [9.17, 15) is 9.90 Å². The maximum absolute atomic E-state index is 12.4. The Balaban J connectivity index is 2.27. The van der Waals surface area contributed by atoms with Gasteiger partial charge in [-0.25, -0.2) is 4.68 Å². The van der Waals surface area contributed by atoms with Crippen molar-refractivity contribution in [2.45, 2.75) is 33.8 Å². The van der Waals surface area contributed by atoms with Crippen LogP contribution in [0.25, 0.3) is 0 Å². The van der Waals surface area contributed by atoms with E-state index in [0.29, 0.717) is 0 Å². The zero-order valence-electron chi connectivity index (χ0n) is 12.3. The number of carbonyl (C=O) groups is 1. The zero-order chi connectivity index (χ0) is 14.9. The summed E-state index contributed by atoms with van der Waals surface area (Å²) >= 11 is 0. The maximum Gasteiger partial charge on any atom is 0.252 e. The molecule has 0 spiro atoms. The molecule has 1 aromatic carbocycles. The fourth-order valence-electron chi connectivity index (χ4n) is 2.37. The number of benzene rings is 1. The van der Waals surface area contributed by atoms with E-state index in [0.717, 1.165) is 22.5 Å². The van der Waals surface area contributed by atoms with Gasteiger partial charge in [-0.3, -0.25) is 4.79 Å². The molecule has 0 saturated heterocycles. The molecule has 4 nitrogen and oxygen atoms in total. The van der Waals surface area contributed by atoms with Crippen molar-refractivity contribution >= 4 is 5.91 Å². The van der Waals surface area contributed by atoms with Gasteiger partial charge in [-0.05, 0) is 38.0 Å². The van der Waals surface area contributed by atoms with Crippen LogP contribution in [-0.2, 0) is 0 Å². The highest BCUT2D eigenvalue weighted by Gasteiger charge is 2.27. The second kappa shape index (κ2) is 5.59. The molecule has 2 aromatic rings. The molecule has 0 aliphatic carbocycles. The van der Waals surface area contributed by atoms with Crippen LogP contribution in [0.15, 0.2) is 30.3 Å². The van der Waals surface area contributed by atoms with Crippen LogP contribution in [0.3, 0.4) is 0 Å². The summed E-state index contributed by atoms with van der Waals surface area (Å²) in [6.07, 6.45) is -0.826. The molecule has 1 heterocycles. The highest BCUT2D eigenvalue weighted by molar-refractivity contribution is 5.81. The summed E-state index contributed by atoms with van der Waals surface area (Å²) in [7, 11) is 0. The highest BCUT2D eigenvalue weighted by Crippen LogP contribution is 2.26. The third-order valence-electron chi connectivity index (χ3n) is 3.59. The molecule has 0 radical (unpaired) electrons. The lowest BCUT2D eigenvalue weighted by Crippen LogP contribution is -2.27. The third kappa shape index (κ3) is 2.65. The van der Waals surface area contributed by atoms with Crippen molar-refractivity contribution in [3.05, 3.63) is 52.8 Å². The Bertz CT molecular complexity index is 631. The van der Waals surface area contributed by atoms with Crippen molar-refractivity contribution in [2.24, 2.45) is 5.92 Å². The molecule has 0 amide bonds. The molecule has 0 fully saturated rings. The first kappa shape index (κ1) is 14.5. The lowest BCUT2D eigenvalue weighted by Gasteiger charge is -2.20. The molecule has 2 atom stereocenters. The summed E-state index contributed by atoms with van der Waals surface area (Å²) in [6.45, 7) is 7.35. The summed E-state index contributed by atoms with van der Waals surface area (Å²) < 4.78 is 1.38. The third-order valence-corrected chi connectivity index (χ3v) is 3.59. The number of nitrogens with zero attached hydrogens (tertiary/aromatic N) is 2. The van der Waals surface area contributed by atoms with Crippen LogP contribution in [0.4, 0.5) is 0 Å². The van der Waals surface area contributed by atoms with Crippen LogP contribution in [0.2, 0.25) is 0 Å². The van der Waals surface area contributed by atoms with Gasteiger partial charge in [-0.15, -0.1) is 0 Å². The first-order valence-corrected chi connectivity index (χ1v) is 6.73. The monoisotopic (exact) mass is 272 g/mol. The molecule has 1 N–H and O–H groups in total. The van der Waals surface area contributed by atoms with E-state index in [2.05, 4.69) is 5.10 Å². The lowest BCUT2D eigenvalue weighted by atomic mass is 9.93. The van der Waals surface area contributed by atoms with Gasteiger partial charge in [0.15, 0.2) is 0 Å². The molecular weight excluding hydrogens is 252 g/mol. The minimum absolute atomic E-state index is 0.189. The van der Waals surface area contributed by atoms with E-state index in [1.54, 1.807) is 6.92 Å². The molecule has 0 aliphatic heterocycles. The normalized spacial score (nSPS) is 14.1. The summed E-state index contributed by atoms with van der Waals surface area (Å²) in [5, 5.41) is 14.6. The van der Waals surface area contributed by atoms with Crippen LogP contribution in [-0.4, -0.2) is 20.8 Å². The van der Waals surface area contributed by atoms with Crippen LogP contribution < -0.4 is 0 Å². The van der Waals surface area contributed by atoms with Crippen molar-refractivity contribution in [3.63, 3.8) is 0 Å². The van der Waals surface area contributed by atoms with Crippen molar-refractivity contribution < 1.29 is 9.90 Å². The van der Waals surface area contributed by atoms with Gasteiger partial charge in [0.25, 0.3) is 5.91 Å². The molecule has 0 saturated carbocycles. The Hall–Kier alpha value is -1.94. The van der Waals surface area contributed by atoms with Gasteiger partial charge in [-0.2, -0.15) is 5.10 Å². The molecule has 20 heavy (non-hydrogen) atoms. The Morgan fingerprint density at radius 2 is 1.90 bits per heavy atom. The molecular formula is C16H20N2O2. The molecule has 0 unspecified atom stereocenters. The zero-order valence-corrected chi connectivity index (χ0v) is 12.3. The predicted molar refractivity (Wildman–Crippen MR) is 77.6 cm³/mol. The minimum Gasteiger partial charge on any atom is -0.388 e. The number of rotatable bonds is 3. The first-order valence-electron chi connectivity index (χ1n) is 6.73. The van der Waals surface area contributed by atoms with E-state index in [1.807, 2.05) is 51.1 Å². The van der Waals surface area contributed by atoms with Gasteiger partial charge >= 0.3 is 0 Å². The second-order valence-electron chi connectivity index (χ2n) is 5.27. The topological polar surface area (TPSA) is 55.1 Å². The SMILES string of the molecule is Cc1cc(C)n(C(=O)[C@@H](C)[C@H](O)c2ccccc2C)n1. The minimum atomic E-state index is -0.826. The smallest absolute Gasteiger partial charge is 0.252 e. The molecule has 4 heteroatoms. The lowest BCUT2D eigenvalue weighted by molar-refractivity contribution is 0.0609. The van der Waals surface area contributed by atoms with Crippen LogP contribution in [0, 0.1) is 26.7 Å². The predicted octanol–water partition coefficient (Wildman–Crippen LogP) is 2.82. The number of hydrogen-bond donors (Lipinski definition) is 1. The van der Waals surface area contributed by atoms with Gasteiger partial charge in [0.05, 0.1) is 17.7 Å². The Kier molecular flexibility index (Phi) is 4.04. The average Bonchev–Trinajstić information content (AvgIpc) is 2.76. The number of hydrogen-bond acceptors (Lipinski definition) is 3. The maximum atomic E-state index is 12.4. The van der Waals surface area contributed by atoms with E-state index in [1.165, 1.54) is 4.68 Å². The van der Waals surface area contributed by atoms with Crippen molar-refractivity contribution in [2.75, 3.05) is 0 Å². The summed E-state index contributed by atoms with van der Waals surface area (Å²) in [5.41, 5.74) is 3.35.